The van der Waals surface area contributed by atoms with Gasteiger partial charge in [0.1, 0.15) is 4.90 Å². The van der Waals surface area contributed by atoms with Crippen molar-refractivity contribution in [1.82, 2.24) is 19.6 Å². The van der Waals surface area contributed by atoms with Crippen molar-refractivity contribution in [2.45, 2.75) is 25.3 Å². The van der Waals surface area contributed by atoms with Gasteiger partial charge in [-0.2, -0.15) is 10.2 Å². The first-order chi connectivity index (χ1) is 8.42. The molecule has 2 aromatic rings. The van der Waals surface area contributed by atoms with Gasteiger partial charge in [-0.15, -0.1) is 0 Å². The van der Waals surface area contributed by atoms with E-state index in [1.54, 1.807) is 30.9 Å². The van der Waals surface area contributed by atoms with E-state index in [2.05, 4.69) is 14.9 Å². The highest BCUT2D eigenvalue weighted by Gasteiger charge is 2.21. The average molecular weight is 269 g/mol. The first-order valence-electron chi connectivity index (χ1n) is 5.49. The van der Waals surface area contributed by atoms with Gasteiger partial charge in [-0.05, 0) is 13.8 Å². The van der Waals surface area contributed by atoms with Gasteiger partial charge >= 0.3 is 0 Å². The van der Waals surface area contributed by atoms with Crippen molar-refractivity contribution in [3.63, 3.8) is 0 Å². The van der Waals surface area contributed by atoms with E-state index in [4.69, 9.17) is 0 Å². The number of sulfonamides is 1. The molecule has 18 heavy (non-hydrogen) atoms. The van der Waals surface area contributed by atoms with E-state index in [0.717, 1.165) is 0 Å². The normalized spacial score (nSPS) is 11.7. The van der Waals surface area contributed by atoms with Gasteiger partial charge in [-0.1, -0.05) is 0 Å². The topological polar surface area (TPSA) is 81.8 Å². The minimum Gasteiger partial charge on any atom is -0.274 e. The fraction of sp³-hybridized carbons (Fsp3) is 0.400. The molecule has 0 aliphatic carbocycles. The molecule has 0 fully saturated rings. The molecule has 0 amide bonds. The molecule has 0 spiro atoms. The van der Waals surface area contributed by atoms with Crippen LogP contribution in [0.3, 0.4) is 0 Å². The minimum atomic E-state index is -3.63. The highest BCUT2D eigenvalue weighted by molar-refractivity contribution is 7.92. The van der Waals surface area contributed by atoms with E-state index in [0.29, 0.717) is 18.1 Å². The number of hydrogen-bond donors (Lipinski definition) is 1. The molecule has 0 saturated heterocycles. The third-order valence-corrected chi connectivity index (χ3v) is 3.93. The molecule has 98 valence electrons. The van der Waals surface area contributed by atoms with Crippen molar-refractivity contribution in [1.29, 1.82) is 0 Å². The van der Waals surface area contributed by atoms with Crippen molar-refractivity contribution in [2.24, 2.45) is 7.05 Å². The quantitative estimate of drug-likeness (QED) is 0.887. The largest absolute Gasteiger partial charge is 0.274 e. The van der Waals surface area contributed by atoms with Gasteiger partial charge in [-0.3, -0.25) is 14.1 Å². The molecule has 7 nitrogen and oxygen atoms in total. The maximum Gasteiger partial charge on any atom is 0.266 e. The van der Waals surface area contributed by atoms with Crippen LogP contribution in [0.15, 0.2) is 23.4 Å². The highest BCUT2D eigenvalue weighted by atomic mass is 32.2. The number of aryl methyl sites for hydroxylation is 3. The Bertz CT molecular complexity index is 656. The maximum atomic E-state index is 12.1. The molecule has 0 aliphatic heterocycles. The molecule has 2 aromatic heterocycles. The maximum absolute atomic E-state index is 12.1. The summed E-state index contributed by atoms with van der Waals surface area (Å²) in [5, 5.41) is 8.09. The number of rotatable bonds is 4. The molecule has 2 rings (SSSR count). The lowest BCUT2D eigenvalue weighted by Crippen LogP contribution is -2.14. The van der Waals surface area contributed by atoms with Crippen LogP contribution < -0.4 is 4.72 Å². The zero-order valence-corrected chi connectivity index (χ0v) is 11.3. The van der Waals surface area contributed by atoms with Crippen molar-refractivity contribution in [3.8, 4) is 0 Å². The monoisotopic (exact) mass is 269 g/mol. The fourth-order valence-electron chi connectivity index (χ4n) is 1.59. The Hall–Kier alpha value is -1.83. The molecule has 0 bridgehead atoms. The summed E-state index contributed by atoms with van der Waals surface area (Å²) in [4.78, 5) is 0.176. The summed E-state index contributed by atoms with van der Waals surface area (Å²) in [6, 6.07) is 1.59. The summed E-state index contributed by atoms with van der Waals surface area (Å²) in [5.74, 6) is 0.293. The summed E-state index contributed by atoms with van der Waals surface area (Å²) in [7, 11) is -1.91. The van der Waals surface area contributed by atoms with Crippen LogP contribution in [0.1, 0.15) is 12.6 Å². The van der Waals surface area contributed by atoms with Gasteiger partial charge < -0.3 is 0 Å². The number of aromatic nitrogens is 4. The van der Waals surface area contributed by atoms with E-state index in [-0.39, 0.29) is 4.90 Å². The second kappa shape index (κ2) is 4.45. The molecule has 1 N–H and O–H groups in total. The summed E-state index contributed by atoms with van der Waals surface area (Å²) >= 11 is 0. The van der Waals surface area contributed by atoms with E-state index >= 15 is 0 Å². The highest BCUT2D eigenvalue weighted by Crippen LogP contribution is 2.17. The zero-order valence-electron chi connectivity index (χ0n) is 10.5. The van der Waals surface area contributed by atoms with Crippen LogP contribution in [0.25, 0.3) is 0 Å². The Morgan fingerprint density at radius 2 is 2.11 bits per heavy atom. The standard InChI is InChI=1S/C10H15N5O2S/c1-4-15-7-9(8(2)11-15)18(16,17)13-10-5-6-14(3)12-10/h5-7H,4H2,1-3H3,(H,12,13). The van der Waals surface area contributed by atoms with Crippen LogP contribution in [-0.4, -0.2) is 28.0 Å². The third-order valence-electron chi connectivity index (χ3n) is 2.47. The van der Waals surface area contributed by atoms with Gasteiger partial charge in [0, 0.05) is 32.1 Å². The molecule has 0 unspecified atom stereocenters. The van der Waals surface area contributed by atoms with Crippen molar-refractivity contribution in [2.75, 3.05) is 4.72 Å². The molecule has 2 heterocycles. The van der Waals surface area contributed by atoms with E-state index in [1.165, 1.54) is 10.9 Å². The van der Waals surface area contributed by atoms with E-state index in [1.807, 2.05) is 6.92 Å². The summed E-state index contributed by atoms with van der Waals surface area (Å²) < 4.78 is 29.8. The summed E-state index contributed by atoms with van der Waals surface area (Å²) in [6.07, 6.45) is 3.18. The van der Waals surface area contributed by atoms with Crippen LogP contribution in [0.5, 0.6) is 0 Å². The van der Waals surface area contributed by atoms with Gasteiger partial charge in [-0.25, -0.2) is 8.42 Å². The molecule has 0 aliphatic rings. The minimum absolute atomic E-state index is 0.176. The third kappa shape index (κ3) is 2.37. The number of hydrogen-bond acceptors (Lipinski definition) is 4. The molecular formula is C10H15N5O2S. The zero-order chi connectivity index (χ0) is 13.3. The lowest BCUT2D eigenvalue weighted by Gasteiger charge is -2.03. The van der Waals surface area contributed by atoms with Crippen molar-refractivity contribution in [3.05, 3.63) is 24.2 Å². The number of anilines is 1. The summed E-state index contributed by atoms with van der Waals surface area (Å²) in [5.41, 5.74) is 0.472. The average Bonchev–Trinajstić information content (AvgIpc) is 2.84. The lowest BCUT2D eigenvalue weighted by molar-refractivity contribution is 0.600. The van der Waals surface area contributed by atoms with Crippen LogP contribution in [0, 0.1) is 6.92 Å². The van der Waals surface area contributed by atoms with E-state index in [9.17, 15) is 8.42 Å². The van der Waals surface area contributed by atoms with Gasteiger partial charge in [0.2, 0.25) is 0 Å². The van der Waals surface area contributed by atoms with Crippen LogP contribution >= 0.6 is 0 Å². The van der Waals surface area contributed by atoms with Gasteiger partial charge in [0.05, 0.1) is 5.69 Å². The lowest BCUT2D eigenvalue weighted by atomic mass is 10.5. The molecular weight excluding hydrogens is 254 g/mol. The molecule has 0 saturated carbocycles. The van der Waals surface area contributed by atoms with Gasteiger partial charge in [0.15, 0.2) is 5.82 Å². The van der Waals surface area contributed by atoms with Crippen LogP contribution in [0.2, 0.25) is 0 Å². The molecule has 8 heteroatoms. The fourth-order valence-corrected chi connectivity index (χ4v) is 2.77. The first-order valence-corrected chi connectivity index (χ1v) is 6.97. The Kier molecular flexibility index (Phi) is 3.12. The Morgan fingerprint density at radius 3 is 2.61 bits per heavy atom. The number of nitrogens with one attached hydrogen (secondary N) is 1. The van der Waals surface area contributed by atoms with Crippen LogP contribution in [0.4, 0.5) is 5.82 Å². The Morgan fingerprint density at radius 1 is 1.39 bits per heavy atom. The molecule has 0 radical (unpaired) electrons. The first kappa shape index (κ1) is 12.6. The second-order valence-corrected chi connectivity index (χ2v) is 5.57. The smallest absolute Gasteiger partial charge is 0.266 e. The van der Waals surface area contributed by atoms with Crippen LogP contribution in [-0.2, 0) is 23.6 Å². The second-order valence-electron chi connectivity index (χ2n) is 3.91. The predicted octanol–water partition coefficient (Wildman–Crippen LogP) is 0.746. The summed E-state index contributed by atoms with van der Waals surface area (Å²) in [6.45, 7) is 4.19. The number of nitrogens with zero attached hydrogens (tertiary/aromatic N) is 4. The predicted molar refractivity (Wildman–Crippen MR) is 66.7 cm³/mol. The van der Waals surface area contributed by atoms with Gasteiger partial charge in [0.25, 0.3) is 10.0 Å². The Balaban J connectivity index is 2.33. The molecule has 0 aromatic carbocycles. The van der Waals surface area contributed by atoms with Crippen molar-refractivity contribution < 1.29 is 8.42 Å². The van der Waals surface area contributed by atoms with E-state index < -0.39 is 10.0 Å². The Labute approximate surface area is 105 Å². The molecule has 0 atom stereocenters. The van der Waals surface area contributed by atoms with Crippen molar-refractivity contribution >= 4 is 15.8 Å². The SMILES string of the molecule is CCn1cc(S(=O)(=O)Nc2ccn(C)n2)c(C)n1.